The highest BCUT2D eigenvalue weighted by Gasteiger charge is 2.32. The van der Waals surface area contributed by atoms with Gasteiger partial charge in [0.2, 0.25) is 0 Å². The lowest BCUT2D eigenvalue weighted by Crippen LogP contribution is -2.52. The Bertz CT molecular complexity index is 416. The van der Waals surface area contributed by atoms with Crippen LogP contribution < -0.4 is 5.32 Å². The maximum atomic E-state index is 12.4. The molecule has 0 radical (unpaired) electrons. The van der Waals surface area contributed by atoms with E-state index in [1.54, 1.807) is 0 Å². The molecule has 0 bridgehead atoms. The van der Waals surface area contributed by atoms with Crippen molar-refractivity contribution in [2.75, 3.05) is 26.3 Å². The normalized spacial score (nSPS) is 29.3. The van der Waals surface area contributed by atoms with Gasteiger partial charge in [-0.25, -0.2) is 4.79 Å². The molecule has 2 rings (SSSR count). The summed E-state index contributed by atoms with van der Waals surface area (Å²) in [5, 5.41) is 13.2. The minimum Gasteiger partial charge on any atom is -0.444 e. The van der Waals surface area contributed by atoms with Crippen molar-refractivity contribution in [1.82, 2.24) is 10.2 Å². The highest BCUT2D eigenvalue weighted by atomic mass is 16.6. The number of aliphatic hydroxyl groups is 1. The van der Waals surface area contributed by atoms with Crippen molar-refractivity contribution in [3.05, 3.63) is 0 Å². The number of hydrogen-bond acceptors (Lipinski definition) is 5. The lowest BCUT2D eigenvalue weighted by Gasteiger charge is -2.38. The van der Waals surface area contributed by atoms with Crippen molar-refractivity contribution in [2.24, 2.45) is 5.92 Å². The molecule has 6 heteroatoms. The molecular formula is C19H36N2O4. The molecule has 0 aromatic rings. The first-order valence-corrected chi connectivity index (χ1v) is 9.73. The summed E-state index contributed by atoms with van der Waals surface area (Å²) in [6.45, 7) is 10.6. The van der Waals surface area contributed by atoms with Crippen LogP contribution in [0.1, 0.15) is 59.8 Å². The predicted octanol–water partition coefficient (Wildman–Crippen LogP) is 2.54. The van der Waals surface area contributed by atoms with Crippen molar-refractivity contribution < 1.29 is 19.4 Å². The van der Waals surface area contributed by atoms with E-state index in [-0.39, 0.29) is 18.2 Å². The summed E-state index contributed by atoms with van der Waals surface area (Å²) in [5.41, 5.74) is -0.477. The standard InChI is InChI=1S/C19H36N2O4/c1-14(20-12-15-5-7-17(22)8-6-15)11-16-13-24-10-9-21(16)18(23)25-19(2,3)4/h14-17,20,22H,5-13H2,1-4H3. The molecule has 2 fully saturated rings. The lowest BCUT2D eigenvalue weighted by molar-refractivity contribution is -0.0356. The van der Waals surface area contributed by atoms with E-state index in [0.29, 0.717) is 31.7 Å². The van der Waals surface area contributed by atoms with Crippen LogP contribution in [0.4, 0.5) is 4.79 Å². The Labute approximate surface area is 152 Å². The van der Waals surface area contributed by atoms with Crippen LogP contribution in [0.25, 0.3) is 0 Å². The first kappa shape index (κ1) is 20.5. The van der Waals surface area contributed by atoms with Gasteiger partial charge in [0.05, 0.1) is 25.4 Å². The van der Waals surface area contributed by atoms with Crippen molar-refractivity contribution >= 4 is 6.09 Å². The van der Waals surface area contributed by atoms with Crippen LogP contribution in [0.3, 0.4) is 0 Å². The SMILES string of the molecule is CC(CC1COCCN1C(=O)OC(C)(C)C)NCC1CCC(O)CC1. The monoisotopic (exact) mass is 356 g/mol. The molecule has 0 spiro atoms. The number of amides is 1. The van der Waals surface area contributed by atoms with E-state index in [2.05, 4.69) is 12.2 Å². The van der Waals surface area contributed by atoms with E-state index in [0.717, 1.165) is 38.6 Å². The van der Waals surface area contributed by atoms with Crippen LogP contribution >= 0.6 is 0 Å². The number of morpholine rings is 1. The third-order valence-corrected chi connectivity index (χ3v) is 5.05. The molecule has 146 valence electrons. The number of ether oxygens (including phenoxy) is 2. The van der Waals surface area contributed by atoms with E-state index in [4.69, 9.17) is 9.47 Å². The van der Waals surface area contributed by atoms with Crippen molar-refractivity contribution in [1.29, 1.82) is 0 Å². The zero-order chi connectivity index (χ0) is 18.4. The number of carbonyl (C=O) groups excluding carboxylic acids is 1. The van der Waals surface area contributed by atoms with Gasteiger partial charge < -0.3 is 24.8 Å². The quantitative estimate of drug-likeness (QED) is 0.792. The minimum atomic E-state index is -0.477. The van der Waals surface area contributed by atoms with E-state index in [1.807, 2.05) is 25.7 Å². The first-order valence-electron chi connectivity index (χ1n) is 9.73. The summed E-state index contributed by atoms with van der Waals surface area (Å²) in [6.07, 6.45) is 4.54. The Morgan fingerprint density at radius 2 is 2.00 bits per heavy atom. The molecule has 1 saturated carbocycles. The number of nitrogens with one attached hydrogen (secondary N) is 1. The summed E-state index contributed by atoms with van der Waals surface area (Å²) in [7, 11) is 0. The van der Waals surface area contributed by atoms with Crippen LogP contribution in [-0.2, 0) is 9.47 Å². The number of carbonyl (C=O) groups is 1. The number of aliphatic hydroxyl groups excluding tert-OH is 1. The van der Waals surface area contributed by atoms with Gasteiger partial charge in [-0.2, -0.15) is 0 Å². The van der Waals surface area contributed by atoms with Crippen LogP contribution in [-0.4, -0.2) is 66.2 Å². The van der Waals surface area contributed by atoms with E-state index >= 15 is 0 Å². The maximum absolute atomic E-state index is 12.4. The Hall–Kier alpha value is -0.850. The zero-order valence-corrected chi connectivity index (χ0v) is 16.3. The second-order valence-electron chi connectivity index (χ2n) is 8.62. The lowest BCUT2D eigenvalue weighted by atomic mass is 9.87. The summed E-state index contributed by atoms with van der Waals surface area (Å²) in [6, 6.07) is 0.364. The Morgan fingerprint density at radius 3 is 2.64 bits per heavy atom. The molecule has 0 aromatic carbocycles. The largest absolute Gasteiger partial charge is 0.444 e. The van der Waals surface area contributed by atoms with Gasteiger partial charge in [0, 0.05) is 12.6 Å². The molecule has 2 unspecified atom stereocenters. The van der Waals surface area contributed by atoms with Crippen molar-refractivity contribution in [3.63, 3.8) is 0 Å². The molecule has 0 aromatic heterocycles. The summed E-state index contributed by atoms with van der Waals surface area (Å²) in [5.74, 6) is 0.649. The van der Waals surface area contributed by atoms with Crippen LogP contribution in [0.5, 0.6) is 0 Å². The molecular weight excluding hydrogens is 320 g/mol. The van der Waals surface area contributed by atoms with Gasteiger partial charge in [-0.05, 0) is 72.3 Å². The van der Waals surface area contributed by atoms with Crippen LogP contribution in [0.2, 0.25) is 0 Å². The van der Waals surface area contributed by atoms with Gasteiger partial charge in [-0.3, -0.25) is 0 Å². The Kier molecular flexibility index (Phi) is 7.52. The zero-order valence-electron chi connectivity index (χ0n) is 16.3. The minimum absolute atomic E-state index is 0.0549. The van der Waals surface area contributed by atoms with Crippen LogP contribution in [0, 0.1) is 5.92 Å². The molecule has 1 saturated heterocycles. The van der Waals surface area contributed by atoms with Crippen molar-refractivity contribution in [2.45, 2.75) is 83.6 Å². The summed E-state index contributed by atoms with van der Waals surface area (Å²) >= 11 is 0. The maximum Gasteiger partial charge on any atom is 0.410 e. The van der Waals surface area contributed by atoms with Gasteiger partial charge in [-0.1, -0.05) is 0 Å². The van der Waals surface area contributed by atoms with Gasteiger partial charge in [0.15, 0.2) is 0 Å². The highest BCUT2D eigenvalue weighted by Crippen LogP contribution is 2.24. The Morgan fingerprint density at radius 1 is 1.32 bits per heavy atom. The summed E-state index contributed by atoms with van der Waals surface area (Å²) < 4.78 is 11.1. The third kappa shape index (κ3) is 7.12. The fourth-order valence-electron chi connectivity index (χ4n) is 3.62. The van der Waals surface area contributed by atoms with Crippen LogP contribution in [0.15, 0.2) is 0 Å². The van der Waals surface area contributed by atoms with E-state index in [9.17, 15) is 9.90 Å². The smallest absolute Gasteiger partial charge is 0.410 e. The summed E-state index contributed by atoms with van der Waals surface area (Å²) in [4.78, 5) is 14.3. The second-order valence-corrected chi connectivity index (χ2v) is 8.62. The molecule has 1 aliphatic carbocycles. The first-order chi connectivity index (χ1) is 11.7. The molecule has 1 aliphatic heterocycles. The van der Waals surface area contributed by atoms with E-state index < -0.39 is 5.60 Å². The molecule has 25 heavy (non-hydrogen) atoms. The fraction of sp³-hybridized carbons (Fsp3) is 0.947. The Balaban J connectivity index is 1.78. The molecule has 2 atom stereocenters. The van der Waals surface area contributed by atoms with Crippen molar-refractivity contribution in [3.8, 4) is 0 Å². The molecule has 2 N–H and O–H groups in total. The van der Waals surface area contributed by atoms with Gasteiger partial charge >= 0.3 is 6.09 Å². The topological polar surface area (TPSA) is 71.0 Å². The van der Waals surface area contributed by atoms with E-state index in [1.165, 1.54) is 0 Å². The number of hydrogen-bond donors (Lipinski definition) is 2. The number of rotatable bonds is 5. The van der Waals surface area contributed by atoms with Gasteiger partial charge in [0.1, 0.15) is 5.60 Å². The van der Waals surface area contributed by atoms with Gasteiger partial charge in [0.25, 0.3) is 0 Å². The molecule has 2 aliphatic rings. The van der Waals surface area contributed by atoms with Gasteiger partial charge in [-0.15, -0.1) is 0 Å². The fourth-order valence-corrected chi connectivity index (χ4v) is 3.62. The average Bonchev–Trinajstić information content (AvgIpc) is 2.53. The second kappa shape index (κ2) is 9.19. The predicted molar refractivity (Wildman–Crippen MR) is 97.6 cm³/mol. The average molecular weight is 357 g/mol. The molecule has 6 nitrogen and oxygen atoms in total. The third-order valence-electron chi connectivity index (χ3n) is 5.05. The number of nitrogens with zero attached hydrogens (tertiary/aromatic N) is 1. The molecule has 1 heterocycles. The highest BCUT2D eigenvalue weighted by molar-refractivity contribution is 5.68. The molecule has 1 amide bonds.